The van der Waals surface area contributed by atoms with Crippen molar-refractivity contribution in [3.05, 3.63) is 0 Å². The number of rotatable bonds is 11. The first-order valence-electron chi connectivity index (χ1n) is 6.85. The number of unbranched alkanes of at least 4 members (excludes halogenated alkanes) is 6. The zero-order valence-electron chi connectivity index (χ0n) is 11.7. The second-order valence-electron chi connectivity index (χ2n) is 4.54. The summed E-state index contributed by atoms with van der Waals surface area (Å²) in [5.41, 5.74) is 0. The van der Waals surface area contributed by atoms with E-state index >= 15 is 0 Å². The standard InChI is InChI=1S/C13H30O2Si/c1-5-7-8-9-10-11-12-13-16(6-2,14-3)15-4/h5-13H2,1-4H3. The van der Waals surface area contributed by atoms with Gasteiger partial charge in [-0.05, 0) is 12.1 Å². The molecule has 98 valence electrons. The molecule has 0 aromatic carbocycles. The van der Waals surface area contributed by atoms with Crippen molar-refractivity contribution in [1.29, 1.82) is 0 Å². The van der Waals surface area contributed by atoms with Crippen molar-refractivity contribution in [2.45, 2.75) is 70.9 Å². The average molecular weight is 246 g/mol. The van der Waals surface area contributed by atoms with E-state index in [1.807, 2.05) is 0 Å². The highest BCUT2D eigenvalue weighted by Crippen LogP contribution is 2.21. The number of hydrogen-bond acceptors (Lipinski definition) is 2. The first kappa shape index (κ1) is 16.1. The van der Waals surface area contributed by atoms with Gasteiger partial charge in [0.25, 0.3) is 0 Å². The fourth-order valence-electron chi connectivity index (χ4n) is 2.10. The van der Waals surface area contributed by atoms with E-state index in [-0.39, 0.29) is 0 Å². The molecule has 0 saturated carbocycles. The molecule has 0 rings (SSSR count). The average Bonchev–Trinajstić information content (AvgIpc) is 2.34. The van der Waals surface area contributed by atoms with Gasteiger partial charge in [-0.3, -0.25) is 0 Å². The minimum Gasteiger partial charge on any atom is -0.398 e. The Kier molecular flexibility index (Phi) is 10.4. The van der Waals surface area contributed by atoms with Crippen LogP contribution in [0.1, 0.15) is 58.8 Å². The lowest BCUT2D eigenvalue weighted by Crippen LogP contribution is -2.38. The molecule has 0 spiro atoms. The van der Waals surface area contributed by atoms with Crippen molar-refractivity contribution in [3.8, 4) is 0 Å². The van der Waals surface area contributed by atoms with Crippen LogP contribution in [0.4, 0.5) is 0 Å². The fraction of sp³-hybridized carbons (Fsp3) is 1.00. The van der Waals surface area contributed by atoms with Crippen LogP contribution < -0.4 is 0 Å². The normalized spacial score (nSPS) is 12.0. The van der Waals surface area contributed by atoms with Crippen LogP contribution in [0.15, 0.2) is 0 Å². The summed E-state index contributed by atoms with van der Waals surface area (Å²) in [6.45, 7) is 4.44. The van der Waals surface area contributed by atoms with Gasteiger partial charge < -0.3 is 8.85 Å². The van der Waals surface area contributed by atoms with Crippen LogP contribution in [0.2, 0.25) is 12.1 Å². The summed E-state index contributed by atoms with van der Waals surface area (Å²) >= 11 is 0. The third-order valence-corrected chi connectivity index (χ3v) is 7.12. The summed E-state index contributed by atoms with van der Waals surface area (Å²) < 4.78 is 11.2. The molecule has 0 aromatic heterocycles. The van der Waals surface area contributed by atoms with Gasteiger partial charge in [0.2, 0.25) is 0 Å². The zero-order valence-corrected chi connectivity index (χ0v) is 12.7. The Balaban J connectivity index is 3.48. The van der Waals surface area contributed by atoms with E-state index in [2.05, 4.69) is 13.8 Å². The molecule has 0 radical (unpaired) electrons. The van der Waals surface area contributed by atoms with E-state index in [0.717, 1.165) is 12.1 Å². The van der Waals surface area contributed by atoms with Crippen molar-refractivity contribution in [2.24, 2.45) is 0 Å². The molecule has 0 heterocycles. The molecule has 0 unspecified atom stereocenters. The smallest absolute Gasteiger partial charge is 0.337 e. The molecule has 2 nitrogen and oxygen atoms in total. The van der Waals surface area contributed by atoms with Gasteiger partial charge >= 0.3 is 8.56 Å². The Morgan fingerprint density at radius 2 is 1.25 bits per heavy atom. The van der Waals surface area contributed by atoms with Gasteiger partial charge in [0, 0.05) is 14.2 Å². The molecule has 0 bridgehead atoms. The minimum absolute atomic E-state index is 1.07. The van der Waals surface area contributed by atoms with E-state index in [4.69, 9.17) is 8.85 Å². The first-order valence-corrected chi connectivity index (χ1v) is 9.08. The first-order chi connectivity index (χ1) is 7.74. The molecule has 0 aliphatic heterocycles. The van der Waals surface area contributed by atoms with Gasteiger partial charge in [0.15, 0.2) is 0 Å². The van der Waals surface area contributed by atoms with Crippen LogP contribution in [0.3, 0.4) is 0 Å². The molecule has 0 amide bonds. The van der Waals surface area contributed by atoms with Crippen LogP contribution >= 0.6 is 0 Å². The lowest BCUT2D eigenvalue weighted by atomic mass is 10.1. The Hall–Kier alpha value is 0.137. The third-order valence-electron chi connectivity index (χ3n) is 3.44. The summed E-state index contributed by atoms with van der Waals surface area (Å²) in [5, 5.41) is 0. The molecule has 0 aliphatic carbocycles. The van der Waals surface area contributed by atoms with Gasteiger partial charge in [0.1, 0.15) is 0 Å². The van der Waals surface area contributed by atoms with Crippen LogP contribution in [-0.2, 0) is 8.85 Å². The Morgan fingerprint density at radius 3 is 1.69 bits per heavy atom. The second-order valence-corrected chi connectivity index (χ2v) is 8.39. The zero-order chi connectivity index (χ0) is 12.3. The fourth-order valence-corrected chi connectivity index (χ4v) is 4.40. The molecule has 0 saturated heterocycles. The van der Waals surface area contributed by atoms with Crippen LogP contribution in [0.5, 0.6) is 0 Å². The summed E-state index contributed by atoms with van der Waals surface area (Å²) in [6.07, 6.45) is 9.51. The monoisotopic (exact) mass is 246 g/mol. The maximum absolute atomic E-state index is 5.60. The van der Waals surface area contributed by atoms with Crippen LogP contribution in [0.25, 0.3) is 0 Å². The Morgan fingerprint density at radius 1 is 0.750 bits per heavy atom. The maximum Gasteiger partial charge on any atom is 0.337 e. The van der Waals surface area contributed by atoms with Crippen molar-refractivity contribution in [3.63, 3.8) is 0 Å². The van der Waals surface area contributed by atoms with Gasteiger partial charge in [-0.2, -0.15) is 0 Å². The van der Waals surface area contributed by atoms with E-state index in [0.29, 0.717) is 0 Å². The summed E-state index contributed by atoms with van der Waals surface area (Å²) in [6, 6.07) is 2.22. The molecule has 0 N–H and O–H groups in total. The van der Waals surface area contributed by atoms with Gasteiger partial charge in [-0.15, -0.1) is 0 Å². The van der Waals surface area contributed by atoms with E-state index < -0.39 is 8.56 Å². The van der Waals surface area contributed by atoms with E-state index in [9.17, 15) is 0 Å². The lowest BCUT2D eigenvalue weighted by molar-refractivity contribution is 0.241. The molecule has 0 atom stereocenters. The molecule has 0 aliphatic rings. The largest absolute Gasteiger partial charge is 0.398 e. The molecule has 3 heteroatoms. The van der Waals surface area contributed by atoms with Crippen molar-refractivity contribution >= 4 is 8.56 Å². The highest BCUT2D eigenvalue weighted by Gasteiger charge is 2.32. The van der Waals surface area contributed by atoms with Crippen LogP contribution in [-0.4, -0.2) is 22.8 Å². The predicted molar refractivity (Wildman–Crippen MR) is 73.1 cm³/mol. The summed E-state index contributed by atoms with van der Waals surface area (Å²) in [7, 11) is 1.82. The summed E-state index contributed by atoms with van der Waals surface area (Å²) in [5.74, 6) is 0. The predicted octanol–water partition coefficient (Wildman–Crippen LogP) is 4.49. The molecular weight excluding hydrogens is 216 g/mol. The SMILES string of the molecule is CCCCCCCCC[Si](CC)(OC)OC. The number of hydrogen-bond donors (Lipinski definition) is 0. The molecule has 0 aromatic rings. The lowest BCUT2D eigenvalue weighted by Gasteiger charge is -2.25. The van der Waals surface area contributed by atoms with Crippen molar-refractivity contribution in [1.82, 2.24) is 0 Å². The van der Waals surface area contributed by atoms with Crippen molar-refractivity contribution in [2.75, 3.05) is 14.2 Å². The topological polar surface area (TPSA) is 18.5 Å². The molecule has 16 heavy (non-hydrogen) atoms. The minimum atomic E-state index is -1.79. The third kappa shape index (κ3) is 6.66. The molecular formula is C13H30O2Si. The van der Waals surface area contributed by atoms with Crippen LogP contribution in [0, 0.1) is 0 Å². The summed E-state index contributed by atoms with van der Waals surface area (Å²) in [4.78, 5) is 0. The van der Waals surface area contributed by atoms with E-state index in [1.165, 1.54) is 44.9 Å². The quantitative estimate of drug-likeness (QED) is 0.395. The Labute approximate surface area is 103 Å². The van der Waals surface area contributed by atoms with E-state index in [1.54, 1.807) is 14.2 Å². The van der Waals surface area contributed by atoms with Gasteiger partial charge in [-0.1, -0.05) is 58.8 Å². The maximum atomic E-state index is 5.60. The Bertz CT molecular complexity index is 139. The highest BCUT2D eigenvalue weighted by atomic mass is 28.4. The molecule has 0 fully saturated rings. The van der Waals surface area contributed by atoms with Gasteiger partial charge in [0.05, 0.1) is 0 Å². The highest BCUT2D eigenvalue weighted by molar-refractivity contribution is 6.67. The second kappa shape index (κ2) is 10.3. The van der Waals surface area contributed by atoms with Crippen molar-refractivity contribution < 1.29 is 8.85 Å². The van der Waals surface area contributed by atoms with Gasteiger partial charge in [-0.25, -0.2) is 0 Å².